The molecular formula is C14H21NO3S. The summed E-state index contributed by atoms with van der Waals surface area (Å²) in [5.41, 5.74) is 1.00. The van der Waals surface area contributed by atoms with E-state index in [0.29, 0.717) is 18.3 Å². The van der Waals surface area contributed by atoms with Gasteiger partial charge in [0.15, 0.2) is 5.75 Å². The van der Waals surface area contributed by atoms with Crippen molar-refractivity contribution in [3.8, 4) is 5.75 Å². The quantitative estimate of drug-likeness (QED) is 0.447. The van der Waals surface area contributed by atoms with Crippen LogP contribution >= 0.6 is 12.6 Å². The van der Waals surface area contributed by atoms with E-state index in [4.69, 9.17) is 4.74 Å². The SMILES string of the molecule is CCc1ccc(OCCC(C)CCS)c([N+](=O)[O-])c1. The minimum Gasteiger partial charge on any atom is -0.487 e. The predicted octanol–water partition coefficient (Wildman–Crippen LogP) is 3.88. The van der Waals surface area contributed by atoms with E-state index in [0.717, 1.165) is 30.6 Å². The highest BCUT2D eigenvalue weighted by molar-refractivity contribution is 7.80. The maximum Gasteiger partial charge on any atom is 0.311 e. The Labute approximate surface area is 119 Å². The Morgan fingerprint density at radius 2 is 2.16 bits per heavy atom. The molecule has 1 unspecified atom stereocenters. The molecule has 0 fully saturated rings. The fourth-order valence-corrected chi connectivity index (χ4v) is 2.22. The van der Waals surface area contributed by atoms with E-state index in [-0.39, 0.29) is 10.6 Å². The van der Waals surface area contributed by atoms with Crippen molar-refractivity contribution in [2.75, 3.05) is 12.4 Å². The molecule has 106 valence electrons. The van der Waals surface area contributed by atoms with E-state index in [1.807, 2.05) is 13.0 Å². The lowest BCUT2D eigenvalue weighted by atomic mass is 10.1. The van der Waals surface area contributed by atoms with E-state index in [1.54, 1.807) is 12.1 Å². The summed E-state index contributed by atoms with van der Waals surface area (Å²) < 4.78 is 5.55. The Kier molecular flexibility index (Phi) is 6.70. The molecule has 1 rings (SSSR count). The second-order valence-corrected chi connectivity index (χ2v) is 5.11. The van der Waals surface area contributed by atoms with Gasteiger partial charge in [0, 0.05) is 6.07 Å². The van der Waals surface area contributed by atoms with E-state index in [2.05, 4.69) is 19.6 Å². The second-order valence-electron chi connectivity index (χ2n) is 4.67. The summed E-state index contributed by atoms with van der Waals surface area (Å²) in [7, 11) is 0. The third-order valence-corrected chi connectivity index (χ3v) is 3.38. The van der Waals surface area contributed by atoms with Gasteiger partial charge in [-0.25, -0.2) is 0 Å². The number of rotatable bonds is 8. The van der Waals surface area contributed by atoms with Crippen LogP contribution in [0.3, 0.4) is 0 Å². The first kappa shape index (κ1) is 15.8. The van der Waals surface area contributed by atoms with E-state index < -0.39 is 0 Å². The van der Waals surface area contributed by atoms with Gasteiger partial charge in [0.2, 0.25) is 0 Å². The van der Waals surface area contributed by atoms with Crippen LogP contribution in [0.1, 0.15) is 32.3 Å². The first-order valence-electron chi connectivity index (χ1n) is 6.59. The lowest BCUT2D eigenvalue weighted by molar-refractivity contribution is -0.385. The summed E-state index contributed by atoms with van der Waals surface area (Å²) in [6.07, 6.45) is 2.69. The first-order chi connectivity index (χ1) is 9.08. The van der Waals surface area contributed by atoms with Gasteiger partial charge >= 0.3 is 5.69 Å². The van der Waals surface area contributed by atoms with Crippen LogP contribution < -0.4 is 4.74 Å². The number of aryl methyl sites for hydroxylation is 1. The van der Waals surface area contributed by atoms with Crippen molar-refractivity contribution in [2.45, 2.75) is 33.1 Å². The molecule has 0 aliphatic carbocycles. The molecule has 1 atom stereocenters. The topological polar surface area (TPSA) is 52.4 Å². The molecule has 0 saturated heterocycles. The zero-order valence-electron chi connectivity index (χ0n) is 11.5. The highest BCUT2D eigenvalue weighted by Crippen LogP contribution is 2.28. The molecule has 0 aliphatic rings. The molecular weight excluding hydrogens is 262 g/mol. The van der Waals surface area contributed by atoms with E-state index >= 15 is 0 Å². The summed E-state index contributed by atoms with van der Waals surface area (Å²) in [4.78, 5) is 10.6. The normalized spacial score (nSPS) is 12.2. The highest BCUT2D eigenvalue weighted by Gasteiger charge is 2.15. The molecule has 0 radical (unpaired) electrons. The molecule has 0 saturated carbocycles. The average molecular weight is 283 g/mol. The van der Waals surface area contributed by atoms with Gasteiger partial charge in [-0.05, 0) is 42.6 Å². The largest absolute Gasteiger partial charge is 0.487 e. The average Bonchev–Trinajstić information content (AvgIpc) is 2.39. The predicted molar refractivity (Wildman–Crippen MR) is 80.2 cm³/mol. The molecule has 0 amide bonds. The van der Waals surface area contributed by atoms with Crippen LogP contribution in [0.25, 0.3) is 0 Å². The van der Waals surface area contributed by atoms with E-state index in [9.17, 15) is 10.1 Å². The highest BCUT2D eigenvalue weighted by atomic mass is 32.1. The molecule has 0 spiro atoms. The minimum atomic E-state index is -0.383. The number of nitro benzene ring substituents is 1. The fraction of sp³-hybridized carbons (Fsp3) is 0.571. The Morgan fingerprint density at radius 3 is 2.74 bits per heavy atom. The Hall–Kier alpha value is -1.23. The Balaban J connectivity index is 2.64. The van der Waals surface area contributed by atoms with Gasteiger partial charge in [-0.3, -0.25) is 10.1 Å². The molecule has 0 aliphatic heterocycles. The lowest BCUT2D eigenvalue weighted by Crippen LogP contribution is -2.06. The van der Waals surface area contributed by atoms with Crippen LogP contribution in [0.4, 0.5) is 5.69 Å². The number of hydrogen-bond acceptors (Lipinski definition) is 4. The third-order valence-electron chi connectivity index (χ3n) is 3.12. The van der Waals surface area contributed by atoms with Crippen molar-refractivity contribution >= 4 is 18.3 Å². The van der Waals surface area contributed by atoms with Crippen molar-refractivity contribution in [1.82, 2.24) is 0 Å². The molecule has 0 heterocycles. The van der Waals surface area contributed by atoms with Crippen LogP contribution in [-0.2, 0) is 6.42 Å². The fourth-order valence-electron chi connectivity index (χ4n) is 1.78. The van der Waals surface area contributed by atoms with Crippen LogP contribution in [0, 0.1) is 16.0 Å². The molecule has 1 aromatic rings. The third kappa shape index (κ3) is 5.11. The molecule has 0 bridgehead atoms. The minimum absolute atomic E-state index is 0.0567. The van der Waals surface area contributed by atoms with Crippen LogP contribution in [0.15, 0.2) is 18.2 Å². The standard InChI is InChI=1S/C14H21NO3S/c1-3-12-4-5-14(13(10-12)15(16)17)18-8-6-11(2)7-9-19/h4-5,10-11,19H,3,6-9H2,1-2H3. The summed E-state index contributed by atoms with van der Waals surface area (Å²) in [5, 5.41) is 11.0. The summed E-state index contributed by atoms with van der Waals surface area (Å²) in [6, 6.07) is 5.16. The molecule has 1 aromatic carbocycles. The van der Waals surface area contributed by atoms with Crippen molar-refractivity contribution in [3.05, 3.63) is 33.9 Å². The molecule has 0 aromatic heterocycles. The van der Waals surface area contributed by atoms with Crippen LogP contribution in [0.2, 0.25) is 0 Å². The monoisotopic (exact) mass is 283 g/mol. The van der Waals surface area contributed by atoms with Gasteiger partial charge in [0.05, 0.1) is 11.5 Å². The molecule has 19 heavy (non-hydrogen) atoms. The zero-order valence-corrected chi connectivity index (χ0v) is 12.4. The summed E-state index contributed by atoms with van der Waals surface area (Å²) in [6.45, 7) is 4.61. The number of nitro groups is 1. The number of thiol groups is 1. The molecule has 5 heteroatoms. The Bertz CT molecular complexity index is 423. The maximum atomic E-state index is 11.0. The van der Waals surface area contributed by atoms with Gasteiger partial charge in [0.1, 0.15) is 0 Å². The summed E-state index contributed by atoms with van der Waals surface area (Å²) >= 11 is 4.19. The maximum absolute atomic E-state index is 11.0. The zero-order chi connectivity index (χ0) is 14.3. The van der Waals surface area contributed by atoms with Gasteiger partial charge in [-0.2, -0.15) is 12.6 Å². The van der Waals surface area contributed by atoms with Crippen LogP contribution in [0.5, 0.6) is 5.75 Å². The van der Waals surface area contributed by atoms with E-state index in [1.165, 1.54) is 0 Å². The molecule has 4 nitrogen and oxygen atoms in total. The summed E-state index contributed by atoms with van der Waals surface area (Å²) in [5.74, 6) is 1.73. The number of benzene rings is 1. The second kappa shape index (κ2) is 8.04. The van der Waals surface area contributed by atoms with Crippen molar-refractivity contribution < 1.29 is 9.66 Å². The van der Waals surface area contributed by atoms with Crippen LogP contribution in [-0.4, -0.2) is 17.3 Å². The van der Waals surface area contributed by atoms with Crippen molar-refractivity contribution in [3.63, 3.8) is 0 Å². The van der Waals surface area contributed by atoms with Crippen molar-refractivity contribution in [1.29, 1.82) is 0 Å². The number of hydrogen-bond donors (Lipinski definition) is 1. The number of nitrogens with zero attached hydrogens (tertiary/aromatic N) is 1. The van der Waals surface area contributed by atoms with Gasteiger partial charge in [-0.1, -0.05) is 19.9 Å². The molecule has 0 N–H and O–H groups in total. The lowest BCUT2D eigenvalue weighted by Gasteiger charge is -2.11. The van der Waals surface area contributed by atoms with Gasteiger partial charge < -0.3 is 4.74 Å². The van der Waals surface area contributed by atoms with Gasteiger partial charge in [-0.15, -0.1) is 0 Å². The smallest absolute Gasteiger partial charge is 0.311 e. The Morgan fingerprint density at radius 1 is 1.42 bits per heavy atom. The van der Waals surface area contributed by atoms with Gasteiger partial charge in [0.25, 0.3) is 0 Å². The number of ether oxygens (including phenoxy) is 1. The first-order valence-corrected chi connectivity index (χ1v) is 7.22. The van der Waals surface area contributed by atoms with Crippen molar-refractivity contribution in [2.24, 2.45) is 5.92 Å².